The average molecular weight is 428 g/mol. The van der Waals surface area contributed by atoms with E-state index < -0.39 is 11.9 Å². The molecule has 114 valence electrons. The first kappa shape index (κ1) is 16.8. The Morgan fingerprint density at radius 2 is 1.77 bits per heavy atom. The van der Waals surface area contributed by atoms with E-state index in [1.54, 1.807) is 18.2 Å². The van der Waals surface area contributed by atoms with Crippen molar-refractivity contribution in [3.8, 4) is 0 Å². The van der Waals surface area contributed by atoms with Crippen LogP contribution in [0.4, 0.5) is 0 Å². The molecule has 0 fully saturated rings. The molecular formula is C16H13IO4S. The molecule has 0 bridgehead atoms. The largest absolute Gasteiger partial charge is 0.481 e. The van der Waals surface area contributed by atoms with Crippen LogP contribution in [-0.4, -0.2) is 24.2 Å². The summed E-state index contributed by atoms with van der Waals surface area (Å²) in [5.74, 6) is -1.51. The first-order valence-electron chi connectivity index (χ1n) is 6.36. The number of esters is 1. The van der Waals surface area contributed by atoms with Crippen LogP contribution in [0.5, 0.6) is 0 Å². The number of aliphatic carboxylic acids is 1. The molecule has 0 spiro atoms. The minimum absolute atomic E-state index is 0.217. The van der Waals surface area contributed by atoms with Gasteiger partial charge in [0.05, 0.1) is 19.1 Å². The third-order valence-corrected chi connectivity index (χ3v) is 4.59. The van der Waals surface area contributed by atoms with E-state index in [0.29, 0.717) is 5.56 Å². The van der Waals surface area contributed by atoms with Gasteiger partial charge in [0, 0.05) is 13.4 Å². The number of halogens is 1. The molecule has 2 rings (SSSR count). The van der Waals surface area contributed by atoms with Crippen molar-refractivity contribution >= 4 is 46.3 Å². The second-order valence-corrected chi connectivity index (χ2v) is 6.83. The number of carboxylic acids is 1. The van der Waals surface area contributed by atoms with Gasteiger partial charge in [-0.2, -0.15) is 0 Å². The molecule has 0 aromatic heterocycles. The Labute approximate surface area is 146 Å². The summed E-state index contributed by atoms with van der Waals surface area (Å²) in [6.07, 6.45) is -0.217. The van der Waals surface area contributed by atoms with Gasteiger partial charge in [-0.05, 0) is 70.6 Å². The number of hydrogen-bond donors (Lipinski definition) is 1. The van der Waals surface area contributed by atoms with Gasteiger partial charge in [0.25, 0.3) is 0 Å². The van der Waals surface area contributed by atoms with Crippen molar-refractivity contribution in [2.75, 3.05) is 7.11 Å². The quantitative estimate of drug-likeness (QED) is 0.579. The monoisotopic (exact) mass is 428 g/mol. The summed E-state index contributed by atoms with van der Waals surface area (Å²) < 4.78 is 5.84. The normalized spacial score (nSPS) is 10.3. The molecule has 2 aromatic carbocycles. The van der Waals surface area contributed by atoms with Crippen LogP contribution in [0.1, 0.15) is 15.9 Å². The third kappa shape index (κ3) is 4.48. The topological polar surface area (TPSA) is 63.6 Å². The summed E-state index contributed by atoms with van der Waals surface area (Å²) in [5.41, 5.74) is 0.742. The zero-order valence-corrected chi connectivity index (χ0v) is 14.7. The summed E-state index contributed by atoms with van der Waals surface area (Å²) >= 11 is 3.75. The maximum atomic E-state index is 11.7. The third-order valence-electron chi connectivity index (χ3n) is 2.87. The van der Waals surface area contributed by atoms with Crippen molar-refractivity contribution < 1.29 is 19.4 Å². The fraction of sp³-hybridized carbons (Fsp3) is 0.125. The van der Waals surface area contributed by atoms with Crippen molar-refractivity contribution in [2.24, 2.45) is 0 Å². The SMILES string of the molecule is COC(=O)c1ccc(Sc2ccc(I)cc2)cc1CC(=O)O. The fourth-order valence-electron chi connectivity index (χ4n) is 1.89. The van der Waals surface area contributed by atoms with Crippen LogP contribution in [0, 0.1) is 3.57 Å². The highest BCUT2D eigenvalue weighted by Crippen LogP contribution is 2.30. The number of carboxylic acid groups (broad SMARTS) is 1. The smallest absolute Gasteiger partial charge is 0.338 e. The fourth-order valence-corrected chi connectivity index (χ4v) is 3.13. The van der Waals surface area contributed by atoms with Crippen LogP contribution in [0.3, 0.4) is 0 Å². The summed E-state index contributed by atoms with van der Waals surface area (Å²) in [7, 11) is 1.28. The molecule has 0 heterocycles. The predicted molar refractivity (Wildman–Crippen MR) is 92.4 cm³/mol. The first-order valence-corrected chi connectivity index (χ1v) is 8.25. The van der Waals surface area contributed by atoms with Crippen molar-refractivity contribution in [3.05, 3.63) is 57.2 Å². The van der Waals surface area contributed by atoms with Crippen LogP contribution in [0.15, 0.2) is 52.3 Å². The lowest BCUT2D eigenvalue weighted by Gasteiger charge is -2.09. The Kier molecular flexibility index (Phi) is 5.84. The van der Waals surface area contributed by atoms with Gasteiger partial charge in [-0.15, -0.1) is 0 Å². The summed E-state index contributed by atoms with van der Waals surface area (Å²) in [6, 6.07) is 13.1. The van der Waals surface area contributed by atoms with E-state index in [1.165, 1.54) is 18.9 Å². The zero-order chi connectivity index (χ0) is 16.1. The lowest BCUT2D eigenvalue weighted by molar-refractivity contribution is -0.136. The van der Waals surface area contributed by atoms with Crippen molar-refractivity contribution in [2.45, 2.75) is 16.2 Å². The molecule has 22 heavy (non-hydrogen) atoms. The van der Waals surface area contributed by atoms with Crippen molar-refractivity contribution in [1.82, 2.24) is 0 Å². The van der Waals surface area contributed by atoms with Gasteiger partial charge in [-0.3, -0.25) is 4.79 Å². The second kappa shape index (κ2) is 7.64. The summed E-state index contributed by atoms with van der Waals surface area (Å²) in [5, 5.41) is 9.00. The predicted octanol–water partition coefficient (Wildman–Crippen LogP) is 3.86. The molecule has 0 aliphatic carbocycles. The number of benzene rings is 2. The number of methoxy groups -OCH3 is 1. The number of carbonyl (C=O) groups excluding carboxylic acids is 1. The molecule has 1 N–H and O–H groups in total. The second-order valence-electron chi connectivity index (χ2n) is 4.44. The van der Waals surface area contributed by atoms with Crippen molar-refractivity contribution in [3.63, 3.8) is 0 Å². The molecule has 0 unspecified atom stereocenters. The van der Waals surface area contributed by atoms with Gasteiger partial charge in [-0.25, -0.2) is 4.79 Å². The standard InChI is InChI=1S/C16H13IO4S/c1-21-16(20)14-7-6-13(8-10(14)9-15(18)19)22-12-4-2-11(17)3-5-12/h2-8H,9H2,1H3,(H,18,19). The van der Waals surface area contributed by atoms with Crippen LogP contribution < -0.4 is 0 Å². The van der Waals surface area contributed by atoms with E-state index in [4.69, 9.17) is 9.84 Å². The minimum atomic E-state index is -0.985. The highest BCUT2D eigenvalue weighted by molar-refractivity contribution is 14.1. The van der Waals surface area contributed by atoms with Gasteiger partial charge in [0.2, 0.25) is 0 Å². The van der Waals surface area contributed by atoms with E-state index in [9.17, 15) is 9.59 Å². The number of hydrogen-bond acceptors (Lipinski definition) is 4. The van der Waals surface area contributed by atoms with Gasteiger partial charge >= 0.3 is 11.9 Å². The van der Waals surface area contributed by atoms with E-state index in [1.807, 2.05) is 24.3 Å². The Hall–Kier alpha value is -1.54. The first-order chi connectivity index (χ1) is 10.5. The van der Waals surface area contributed by atoms with Crippen LogP contribution in [0.2, 0.25) is 0 Å². The van der Waals surface area contributed by atoms with Crippen LogP contribution in [0.25, 0.3) is 0 Å². The molecule has 0 saturated carbocycles. The van der Waals surface area contributed by atoms with Gasteiger partial charge in [-0.1, -0.05) is 11.8 Å². The molecule has 0 aliphatic heterocycles. The van der Waals surface area contributed by atoms with Crippen LogP contribution >= 0.6 is 34.4 Å². The molecule has 6 heteroatoms. The number of ether oxygens (including phenoxy) is 1. The van der Waals surface area contributed by atoms with Crippen LogP contribution in [-0.2, 0) is 16.0 Å². The van der Waals surface area contributed by atoms with E-state index in [-0.39, 0.29) is 12.0 Å². The molecule has 2 aromatic rings. The van der Waals surface area contributed by atoms with E-state index >= 15 is 0 Å². The Morgan fingerprint density at radius 3 is 2.36 bits per heavy atom. The van der Waals surface area contributed by atoms with Gasteiger partial charge < -0.3 is 9.84 Å². The Morgan fingerprint density at radius 1 is 1.14 bits per heavy atom. The number of rotatable bonds is 5. The van der Waals surface area contributed by atoms with Gasteiger partial charge in [0.15, 0.2) is 0 Å². The zero-order valence-electron chi connectivity index (χ0n) is 11.7. The lowest BCUT2D eigenvalue weighted by atomic mass is 10.0. The molecule has 0 amide bonds. The molecule has 0 aliphatic rings. The molecule has 0 saturated heterocycles. The average Bonchev–Trinajstić information content (AvgIpc) is 2.48. The summed E-state index contributed by atoms with van der Waals surface area (Å²) in [6.45, 7) is 0. The lowest BCUT2D eigenvalue weighted by Crippen LogP contribution is -2.09. The Balaban J connectivity index is 2.31. The van der Waals surface area contributed by atoms with E-state index in [2.05, 4.69) is 22.6 Å². The van der Waals surface area contributed by atoms with Gasteiger partial charge in [0.1, 0.15) is 0 Å². The molecule has 0 atom stereocenters. The highest BCUT2D eigenvalue weighted by Gasteiger charge is 2.15. The maximum Gasteiger partial charge on any atom is 0.338 e. The molecule has 0 radical (unpaired) electrons. The highest BCUT2D eigenvalue weighted by atomic mass is 127. The van der Waals surface area contributed by atoms with Crippen molar-refractivity contribution in [1.29, 1.82) is 0 Å². The molecular weight excluding hydrogens is 415 g/mol. The maximum absolute atomic E-state index is 11.7. The Bertz CT molecular complexity index is 698. The molecule has 4 nitrogen and oxygen atoms in total. The van der Waals surface area contributed by atoms with E-state index in [0.717, 1.165) is 13.4 Å². The number of carbonyl (C=O) groups is 2. The minimum Gasteiger partial charge on any atom is -0.481 e. The summed E-state index contributed by atoms with van der Waals surface area (Å²) in [4.78, 5) is 24.6.